The standard InChI is InChI=1S/C16H25BrN2O/c1-12(2)10-18-11-13-3-4-14(17)9-16(13)19(7-8-20)15-5-6-15/h3-4,9,12,15,18,20H,5-8,10-11H2,1-2H3. The van der Waals surface area contributed by atoms with Gasteiger partial charge in [-0.15, -0.1) is 0 Å². The van der Waals surface area contributed by atoms with Crippen LogP contribution in [0.25, 0.3) is 0 Å². The van der Waals surface area contributed by atoms with Crippen LogP contribution in [-0.2, 0) is 6.54 Å². The van der Waals surface area contributed by atoms with Crippen LogP contribution >= 0.6 is 15.9 Å². The molecule has 0 radical (unpaired) electrons. The highest BCUT2D eigenvalue weighted by Gasteiger charge is 2.30. The van der Waals surface area contributed by atoms with Gasteiger partial charge in [0, 0.05) is 29.3 Å². The average molecular weight is 341 g/mol. The number of aliphatic hydroxyl groups is 1. The maximum Gasteiger partial charge on any atom is 0.0606 e. The number of nitrogens with zero attached hydrogens (tertiary/aromatic N) is 1. The Balaban J connectivity index is 2.13. The monoisotopic (exact) mass is 340 g/mol. The average Bonchev–Trinajstić information content (AvgIpc) is 3.22. The van der Waals surface area contributed by atoms with Crippen molar-refractivity contribution in [2.45, 2.75) is 39.3 Å². The van der Waals surface area contributed by atoms with E-state index in [1.54, 1.807) is 0 Å². The van der Waals surface area contributed by atoms with Crippen LogP contribution in [0.1, 0.15) is 32.3 Å². The number of anilines is 1. The van der Waals surface area contributed by atoms with Crippen LogP contribution in [0.3, 0.4) is 0 Å². The fourth-order valence-electron chi connectivity index (χ4n) is 2.44. The summed E-state index contributed by atoms with van der Waals surface area (Å²) in [4.78, 5) is 2.36. The van der Waals surface area contributed by atoms with Gasteiger partial charge in [-0.2, -0.15) is 0 Å². The quantitative estimate of drug-likeness (QED) is 0.762. The fourth-order valence-corrected chi connectivity index (χ4v) is 2.79. The summed E-state index contributed by atoms with van der Waals surface area (Å²) in [5.41, 5.74) is 2.57. The van der Waals surface area contributed by atoms with Gasteiger partial charge < -0.3 is 15.3 Å². The lowest BCUT2D eigenvalue weighted by molar-refractivity contribution is 0.301. The molecule has 1 fully saturated rings. The zero-order valence-electron chi connectivity index (χ0n) is 12.4. The topological polar surface area (TPSA) is 35.5 Å². The molecule has 0 amide bonds. The largest absolute Gasteiger partial charge is 0.395 e. The Hall–Kier alpha value is -0.580. The molecule has 112 valence electrons. The van der Waals surface area contributed by atoms with E-state index in [0.717, 1.165) is 24.1 Å². The molecule has 0 unspecified atom stereocenters. The highest BCUT2D eigenvalue weighted by Crippen LogP contribution is 2.34. The second-order valence-corrected chi connectivity index (χ2v) is 6.86. The predicted octanol–water partition coefficient (Wildman–Crippen LogP) is 3.16. The molecule has 0 aromatic heterocycles. The third-order valence-corrected chi connectivity index (χ3v) is 4.05. The second kappa shape index (κ2) is 7.43. The summed E-state index contributed by atoms with van der Waals surface area (Å²) in [6.07, 6.45) is 2.48. The van der Waals surface area contributed by atoms with Crippen LogP contribution < -0.4 is 10.2 Å². The molecule has 1 saturated carbocycles. The van der Waals surface area contributed by atoms with E-state index < -0.39 is 0 Å². The molecule has 3 nitrogen and oxygen atoms in total. The first kappa shape index (κ1) is 15.8. The van der Waals surface area contributed by atoms with Gasteiger partial charge in [0.2, 0.25) is 0 Å². The molecular weight excluding hydrogens is 316 g/mol. The van der Waals surface area contributed by atoms with Gasteiger partial charge in [0.1, 0.15) is 0 Å². The maximum atomic E-state index is 9.31. The number of benzene rings is 1. The van der Waals surface area contributed by atoms with Crippen molar-refractivity contribution in [2.75, 3.05) is 24.6 Å². The Kier molecular flexibility index (Phi) is 5.87. The van der Waals surface area contributed by atoms with Crippen molar-refractivity contribution in [1.82, 2.24) is 5.32 Å². The molecule has 0 bridgehead atoms. The minimum absolute atomic E-state index is 0.210. The lowest BCUT2D eigenvalue weighted by atomic mass is 10.1. The van der Waals surface area contributed by atoms with Crippen molar-refractivity contribution in [1.29, 1.82) is 0 Å². The van der Waals surface area contributed by atoms with Gasteiger partial charge in [-0.05, 0) is 43.0 Å². The van der Waals surface area contributed by atoms with Crippen LogP contribution in [0, 0.1) is 5.92 Å². The number of hydrogen-bond donors (Lipinski definition) is 2. The van der Waals surface area contributed by atoms with E-state index in [1.807, 2.05) is 0 Å². The molecule has 2 N–H and O–H groups in total. The van der Waals surface area contributed by atoms with Gasteiger partial charge in [0.05, 0.1) is 6.61 Å². The summed E-state index contributed by atoms with van der Waals surface area (Å²) >= 11 is 3.57. The summed E-state index contributed by atoms with van der Waals surface area (Å²) in [7, 11) is 0. The van der Waals surface area contributed by atoms with Crippen molar-refractivity contribution < 1.29 is 5.11 Å². The Morgan fingerprint density at radius 1 is 1.40 bits per heavy atom. The van der Waals surface area contributed by atoms with Crippen molar-refractivity contribution in [3.05, 3.63) is 28.2 Å². The van der Waals surface area contributed by atoms with E-state index in [-0.39, 0.29) is 6.61 Å². The Morgan fingerprint density at radius 3 is 2.75 bits per heavy atom. The molecule has 2 rings (SSSR count). The van der Waals surface area contributed by atoms with E-state index in [2.05, 4.69) is 58.2 Å². The van der Waals surface area contributed by atoms with E-state index in [1.165, 1.54) is 24.1 Å². The Morgan fingerprint density at radius 2 is 2.15 bits per heavy atom. The third kappa shape index (κ3) is 4.47. The normalized spacial score (nSPS) is 14.8. The van der Waals surface area contributed by atoms with Gasteiger partial charge in [-0.3, -0.25) is 0 Å². The zero-order chi connectivity index (χ0) is 14.5. The zero-order valence-corrected chi connectivity index (χ0v) is 14.0. The molecule has 0 heterocycles. The summed E-state index contributed by atoms with van der Waals surface area (Å²) in [5, 5.41) is 12.8. The fraction of sp³-hybridized carbons (Fsp3) is 0.625. The maximum absolute atomic E-state index is 9.31. The number of hydrogen-bond acceptors (Lipinski definition) is 3. The first-order valence-corrected chi connectivity index (χ1v) is 8.27. The minimum Gasteiger partial charge on any atom is -0.395 e. The molecule has 1 aromatic carbocycles. The lowest BCUT2D eigenvalue weighted by Crippen LogP contribution is -2.30. The molecule has 1 aromatic rings. The molecule has 0 aliphatic heterocycles. The third-order valence-electron chi connectivity index (χ3n) is 3.55. The van der Waals surface area contributed by atoms with Gasteiger partial charge >= 0.3 is 0 Å². The summed E-state index contributed by atoms with van der Waals surface area (Å²) < 4.78 is 1.10. The molecule has 1 aliphatic carbocycles. The lowest BCUT2D eigenvalue weighted by Gasteiger charge is -2.27. The molecule has 1 aliphatic rings. The number of aliphatic hydroxyl groups excluding tert-OH is 1. The van der Waals surface area contributed by atoms with Crippen LogP contribution in [0.4, 0.5) is 5.69 Å². The van der Waals surface area contributed by atoms with Crippen molar-refractivity contribution >= 4 is 21.6 Å². The summed E-state index contributed by atoms with van der Waals surface area (Å²) in [5.74, 6) is 0.658. The van der Waals surface area contributed by atoms with Crippen LogP contribution in [0.15, 0.2) is 22.7 Å². The molecule has 20 heavy (non-hydrogen) atoms. The van der Waals surface area contributed by atoms with Crippen molar-refractivity contribution in [3.63, 3.8) is 0 Å². The van der Waals surface area contributed by atoms with E-state index >= 15 is 0 Å². The number of nitrogens with one attached hydrogen (secondary N) is 1. The molecule has 4 heteroatoms. The highest BCUT2D eigenvalue weighted by atomic mass is 79.9. The first-order chi connectivity index (χ1) is 9.61. The smallest absolute Gasteiger partial charge is 0.0606 e. The number of rotatable bonds is 8. The van der Waals surface area contributed by atoms with Crippen LogP contribution in [-0.4, -0.2) is 30.8 Å². The second-order valence-electron chi connectivity index (χ2n) is 5.95. The van der Waals surface area contributed by atoms with Gasteiger partial charge in [-0.25, -0.2) is 0 Å². The summed E-state index contributed by atoms with van der Waals surface area (Å²) in [6.45, 7) is 7.28. The highest BCUT2D eigenvalue weighted by molar-refractivity contribution is 9.10. The minimum atomic E-state index is 0.210. The first-order valence-electron chi connectivity index (χ1n) is 7.48. The van der Waals surface area contributed by atoms with Crippen molar-refractivity contribution in [2.24, 2.45) is 5.92 Å². The van der Waals surface area contributed by atoms with E-state index in [4.69, 9.17) is 0 Å². The SMILES string of the molecule is CC(C)CNCc1ccc(Br)cc1N(CCO)C1CC1. The van der Waals surface area contributed by atoms with Gasteiger partial charge in [0.25, 0.3) is 0 Å². The summed E-state index contributed by atoms with van der Waals surface area (Å²) in [6, 6.07) is 7.07. The Labute approximate surface area is 130 Å². The van der Waals surface area contributed by atoms with Gasteiger partial charge in [-0.1, -0.05) is 35.8 Å². The molecule has 0 saturated heterocycles. The van der Waals surface area contributed by atoms with E-state index in [9.17, 15) is 5.11 Å². The number of halogens is 1. The van der Waals surface area contributed by atoms with Gasteiger partial charge in [0.15, 0.2) is 0 Å². The van der Waals surface area contributed by atoms with Crippen LogP contribution in [0.5, 0.6) is 0 Å². The molecular formula is C16H25BrN2O. The van der Waals surface area contributed by atoms with Crippen molar-refractivity contribution in [3.8, 4) is 0 Å². The molecule has 0 spiro atoms. The predicted molar refractivity (Wildman–Crippen MR) is 88.1 cm³/mol. The molecule has 0 atom stereocenters. The van der Waals surface area contributed by atoms with E-state index in [0.29, 0.717) is 12.0 Å². The Bertz CT molecular complexity index is 432. The van der Waals surface area contributed by atoms with Crippen LogP contribution in [0.2, 0.25) is 0 Å².